The van der Waals surface area contributed by atoms with Crippen LogP contribution in [0.2, 0.25) is 0 Å². The molecule has 0 N–H and O–H groups in total. The molecule has 2 aromatic rings. The molecule has 0 spiro atoms. The third kappa shape index (κ3) is 11.7. The van der Waals surface area contributed by atoms with E-state index in [4.69, 9.17) is 9.97 Å². The molecule has 0 atom stereocenters. The van der Waals surface area contributed by atoms with Crippen LogP contribution >= 0.6 is 0 Å². The highest BCUT2D eigenvalue weighted by molar-refractivity contribution is 5.66. The second-order valence-corrected chi connectivity index (χ2v) is 12.8. The summed E-state index contributed by atoms with van der Waals surface area (Å²) < 4.78 is 0. The van der Waals surface area contributed by atoms with Crippen LogP contribution in [0, 0.1) is 12.3 Å². The Bertz CT molecular complexity index is 894. The zero-order chi connectivity index (χ0) is 27.6. The van der Waals surface area contributed by atoms with Gasteiger partial charge in [0, 0.05) is 24.4 Å². The average molecular weight is 533 g/mol. The van der Waals surface area contributed by atoms with Crippen LogP contribution in [-0.2, 0) is 12.8 Å². The van der Waals surface area contributed by atoms with E-state index in [9.17, 15) is 0 Å². The van der Waals surface area contributed by atoms with E-state index in [1.54, 1.807) is 0 Å². The van der Waals surface area contributed by atoms with E-state index in [1.807, 2.05) is 12.4 Å². The summed E-state index contributed by atoms with van der Waals surface area (Å²) in [6.07, 6.45) is 35.7. The van der Waals surface area contributed by atoms with Crippen molar-refractivity contribution in [2.24, 2.45) is 5.41 Å². The second kappa shape index (κ2) is 18.6. The lowest BCUT2D eigenvalue weighted by Crippen LogP contribution is -2.25. The topological polar surface area (TPSA) is 25.8 Å². The minimum atomic E-state index is 0.605. The molecule has 2 heteroatoms. The van der Waals surface area contributed by atoms with Gasteiger partial charge in [-0.05, 0) is 67.6 Å². The number of unbranched alkanes of at least 4 members (excludes halogenated alkanes) is 12. The summed E-state index contributed by atoms with van der Waals surface area (Å²) in [4.78, 5) is 9.44. The molecule has 0 radical (unpaired) electrons. The first-order valence-electron chi connectivity index (χ1n) is 17.1. The van der Waals surface area contributed by atoms with Crippen molar-refractivity contribution in [1.29, 1.82) is 0 Å². The smallest absolute Gasteiger partial charge is 0.128 e. The highest BCUT2D eigenvalue weighted by Gasteiger charge is 2.31. The lowest BCUT2D eigenvalue weighted by molar-refractivity contribution is 0.152. The molecule has 1 aromatic carbocycles. The van der Waals surface area contributed by atoms with Crippen molar-refractivity contribution in [3.63, 3.8) is 0 Å². The van der Waals surface area contributed by atoms with Gasteiger partial charge in [-0.3, -0.25) is 0 Å². The van der Waals surface area contributed by atoms with Gasteiger partial charge in [0.15, 0.2) is 0 Å². The molecule has 1 fully saturated rings. The minimum absolute atomic E-state index is 0.605. The molecule has 3 rings (SSSR count). The molecular formula is C37H60N2. The largest absolute Gasteiger partial charge is 0.241 e. The number of rotatable bonds is 20. The molecule has 1 saturated carbocycles. The van der Waals surface area contributed by atoms with E-state index in [2.05, 4.69) is 39.0 Å². The lowest BCUT2D eigenvalue weighted by atomic mass is 9.68. The van der Waals surface area contributed by atoms with Crippen LogP contribution in [0.1, 0.15) is 166 Å². The van der Waals surface area contributed by atoms with Crippen LogP contribution in [0.25, 0.3) is 11.1 Å². The average Bonchev–Trinajstić information content (AvgIpc) is 2.96. The summed E-state index contributed by atoms with van der Waals surface area (Å²) in [7, 11) is 0. The molecule has 1 heterocycles. The van der Waals surface area contributed by atoms with Gasteiger partial charge in [-0.1, -0.05) is 135 Å². The standard InChI is InChI=1S/C37H60N2/c1-4-6-8-10-12-14-17-21-36-38-30-34(31-39-36)35-23-22-33(29-32(35)3)24-28-37(26-19-16-20-27-37)25-18-15-13-11-9-7-5-2/h22-23,29-31H,4-21,24-28H2,1-3H3. The first kappa shape index (κ1) is 31.8. The maximum absolute atomic E-state index is 4.72. The lowest BCUT2D eigenvalue weighted by Gasteiger charge is -2.38. The van der Waals surface area contributed by atoms with Gasteiger partial charge in [0.1, 0.15) is 5.82 Å². The monoisotopic (exact) mass is 532 g/mol. The zero-order valence-corrected chi connectivity index (χ0v) is 26.0. The van der Waals surface area contributed by atoms with Gasteiger partial charge in [0.2, 0.25) is 0 Å². The Labute approximate surface area is 242 Å². The van der Waals surface area contributed by atoms with Crippen LogP contribution in [0.15, 0.2) is 30.6 Å². The fourth-order valence-corrected chi connectivity index (χ4v) is 6.86. The molecular weight excluding hydrogens is 472 g/mol. The van der Waals surface area contributed by atoms with Gasteiger partial charge >= 0.3 is 0 Å². The summed E-state index contributed by atoms with van der Waals surface area (Å²) in [6.45, 7) is 6.86. The Hall–Kier alpha value is -1.70. The molecule has 0 amide bonds. The zero-order valence-electron chi connectivity index (χ0n) is 26.0. The molecule has 1 aliphatic rings. The number of hydrogen-bond acceptors (Lipinski definition) is 2. The first-order chi connectivity index (χ1) is 19.2. The summed E-state index contributed by atoms with van der Waals surface area (Å²) >= 11 is 0. The maximum Gasteiger partial charge on any atom is 0.128 e. The predicted molar refractivity (Wildman–Crippen MR) is 170 cm³/mol. The SMILES string of the molecule is CCCCCCCCCc1ncc(-c2ccc(CCC3(CCCCCCCCC)CCCCC3)cc2C)cn1. The highest BCUT2D eigenvalue weighted by Crippen LogP contribution is 2.44. The van der Waals surface area contributed by atoms with Gasteiger partial charge in [0.25, 0.3) is 0 Å². The van der Waals surface area contributed by atoms with Gasteiger partial charge in [0.05, 0.1) is 0 Å². The number of nitrogens with zero attached hydrogens (tertiary/aromatic N) is 2. The molecule has 2 nitrogen and oxygen atoms in total. The summed E-state index contributed by atoms with van der Waals surface area (Å²) in [5.41, 5.74) is 5.92. The number of aryl methyl sites for hydroxylation is 3. The molecule has 218 valence electrons. The van der Waals surface area contributed by atoms with Crippen LogP contribution < -0.4 is 0 Å². The highest BCUT2D eigenvalue weighted by atomic mass is 14.9. The second-order valence-electron chi connectivity index (χ2n) is 12.8. The quantitative estimate of drug-likeness (QED) is 0.158. The Kier molecular flexibility index (Phi) is 15.2. The van der Waals surface area contributed by atoms with E-state index in [-0.39, 0.29) is 0 Å². The molecule has 0 unspecified atom stereocenters. The van der Waals surface area contributed by atoms with Gasteiger partial charge in [-0.25, -0.2) is 9.97 Å². The fourth-order valence-electron chi connectivity index (χ4n) is 6.86. The summed E-state index contributed by atoms with van der Waals surface area (Å²) in [5.74, 6) is 1.00. The van der Waals surface area contributed by atoms with Crippen molar-refractivity contribution in [3.8, 4) is 11.1 Å². The van der Waals surface area contributed by atoms with Crippen molar-refractivity contribution in [2.45, 2.75) is 168 Å². The van der Waals surface area contributed by atoms with Crippen molar-refractivity contribution < 1.29 is 0 Å². The maximum atomic E-state index is 4.72. The molecule has 1 aliphatic carbocycles. The molecule has 0 bridgehead atoms. The predicted octanol–water partition coefficient (Wildman–Crippen LogP) is 11.8. The van der Waals surface area contributed by atoms with Crippen LogP contribution in [-0.4, -0.2) is 9.97 Å². The summed E-state index contributed by atoms with van der Waals surface area (Å²) in [6, 6.07) is 7.13. The van der Waals surface area contributed by atoms with Gasteiger partial charge < -0.3 is 0 Å². The fraction of sp³-hybridized carbons (Fsp3) is 0.730. The van der Waals surface area contributed by atoms with E-state index in [0.29, 0.717) is 5.41 Å². The summed E-state index contributed by atoms with van der Waals surface area (Å²) in [5, 5.41) is 0. The van der Waals surface area contributed by atoms with Gasteiger partial charge in [-0.15, -0.1) is 0 Å². The Morgan fingerprint density at radius 3 is 1.85 bits per heavy atom. The van der Waals surface area contributed by atoms with E-state index in [1.165, 1.54) is 158 Å². The Morgan fingerprint density at radius 1 is 0.641 bits per heavy atom. The van der Waals surface area contributed by atoms with Crippen LogP contribution in [0.5, 0.6) is 0 Å². The van der Waals surface area contributed by atoms with Crippen molar-refractivity contribution in [3.05, 3.63) is 47.5 Å². The third-order valence-corrected chi connectivity index (χ3v) is 9.48. The normalized spacial score (nSPS) is 15.1. The molecule has 0 saturated heterocycles. The van der Waals surface area contributed by atoms with Crippen molar-refractivity contribution in [2.75, 3.05) is 0 Å². The molecule has 1 aromatic heterocycles. The van der Waals surface area contributed by atoms with Crippen LogP contribution in [0.4, 0.5) is 0 Å². The van der Waals surface area contributed by atoms with E-state index >= 15 is 0 Å². The van der Waals surface area contributed by atoms with Crippen molar-refractivity contribution in [1.82, 2.24) is 9.97 Å². The number of hydrogen-bond donors (Lipinski definition) is 0. The van der Waals surface area contributed by atoms with Crippen LogP contribution in [0.3, 0.4) is 0 Å². The minimum Gasteiger partial charge on any atom is -0.241 e. The number of benzene rings is 1. The van der Waals surface area contributed by atoms with E-state index in [0.717, 1.165) is 17.8 Å². The van der Waals surface area contributed by atoms with Crippen molar-refractivity contribution >= 4 is 0 Å². The van der Waals surface area contributed by atoms with E-state index < -0.39 is 0 Å². The molecule has 39 heavy (non-hydrogen) atoms. The third-order valence-electron chi connectivity index (χ3n) is 9.48. The number of aromatic nitrogens is 2. The first-order valence-corrected chi connectivity index (χ1v) is 17.1. The Balaban J connectivity index is 1.46. The Morgan fingerprint density at radius 2 is 1.23 bits per heavy atom. The molecule has 0 aliphatic heterocycles. The van der Waals surface area contributed by atoms with Gasteiger partial charge in [-0.2, -0.15) is 0 Å².